The minimum atomic E-state index is -0.310. The van der Waals surface area contributed by atoms with Gasteiger partial charge in [-0.05, 0) is 0 Å². The third kappa shape index (κ3) is 1.56. The van der Waals surface area contributed by atoms with Crippen molar-refractivity contribution in [2.24, 2.45) is 12.3 Å². The monoisotopic (exact) mass is 197 g/mol. The van der Waals surface area contributed by atoms with Crippen LogP contribution >= 0.6 is 0 Å². The van der Waals surface area contributed by atoms with E-state index in [0.717, 1.165) is 5.01 Å². The Morgan fingerprint density at radius 3 is 2.86 bits per heavy atom. The number of nitrogens with zero attached hydrogens (tertiary/aromatic N) is 4. The first kappa shape index (κ1) is 10.2. The number of aromatic nitrogens is 2. The molecule has 0 bridgehead atoms. The number of imidazole rings is 1. The van der Waals surface area contributed by atoms with Crippen LogP contribution in [0.15, 0.2) is 11.6 Å². The number of nitroso groups, excluding NO2 is 1. The number of anilines is 1. The fourth-order valence-corrected chi connectivity index (χ4v) is 1.07. The zero-order valence-corrected chi connectivity index (χ0v) is 8.18. The standard InChI is InChI=1S/C7H11N5O2/c1-8-7(13)5-6(12(3)10-14)9-4-11(5)2/h4H,1-3H3,(H,8,13). The van der Waals surface area contributed by atoms with Crippen molar-refractivity contribution in [3.05, 3.63) is 16.9 Å². The summed E-state index contributed by atoms with van der Waals surface area (Å²) in [5.41, 5.74) is 0.301. The van der Waals surface area contributed by atoms with E-state index < -0.39 is 0 Å². The van der Waals surface area contributed by atoms with Crippen LogP contribution in [0.3, 0.4) is 0 Å². The zero-order valence-electron chi connectivity index (χ0n) is 8.18. The minimum absolute atomic E-state index is 0.238. The molecule has 1 heterocycles. The fourth-order valence-electron chi connectivity index (χ4n) is 1.07. The first-order valence-electron chi connectivity index (χ1n) is 3.92. The Bertz CT molecular complexity index is 359. The highest BCUT2D eigenvalue weighted by atomic mass is 16.3. The van der Waals surface area contributed by atoms with E-state index in [1.165, 1.54) is 25.0 Å². The normalized spacial score (nSPS) is 9.64. The van der Waals surface area contributed by atoms with Crippen molar-refractivity contribution in [1.29, 1.82) is 0 Å². The van der Waals surface area contributed by atoms with Gasteiger partial charge in [-0.3, -0.25) is 4.79 Å². The predicted octanol–water partition coefficient (Wildman–Crippen LogP) is -0.103. The van der Waals surface area contributed by atoms with Crippen LogP contribution in [0.5, 0.6) is 0 Å². The largest absolute Gasteiger partial charge is 0.354 e. The maximum Gasteiger partial charge on any atom is 0.271 e. The molecule has 7 heteroatoms. The minimum Gasteiger partial charge on any atom is -0.354 e. The summed E-state index contributed by atoms with van der Waals surface area (Å²) in [4.78, 5) is 25.6. The van der Waals surface area contributed by atoms with Crippen molar-refractivity contribution < 1.29 is 4.79 Å². The third-order valence-corrected chi connectivity index (χ3v) is 1.79. The number of rotatable bonds is 3. The number of carbonyl (C=O) groups excluding carboxylic acids is 1. The van der Waals surface area contributed by atoms with Gasteiger partial charge in [-0.25, -0.2) is 9.99 Å². The number of aryl methyl sites for hydroxylation is 1. The Morgan fingerprint density at radius 2 is 2.36 bits per heavy atom. The molecule has 1 amide bonds. The SMILES string of the molecule is CNC(=O)c1c(N(C)N=O)ncn1C. The molecule has 0 fully saturated rings. The molecule has 0 atom stereocenters. The lowest BCUT2D eigenvalue weighted by molar-refractivity contribution is 0.0955. The fraction of sp³-hybridized carbons (Fsp3) is 0.429. The molecule has 0 radical (unpaired) electrons. The number of nitrogens with one attached hydrogen (secondary N) is 1. The highest BCUT2D eigenvalue weighted by Crippen LogP contribution is 2.16. The summed E-state index contributed by atoms with van der Waals surface area (Å²) in [6.45, 7) is 0. The van der Waals surface area contributed by atoms with Crippen LogP contribution in [0.25, 0.3) is 0 Å². The van der Waals surface area contributed by atoms with Crippen LogP contribution in [0.2, 0.25) is 0 Å². The molecular weight excluding hydrogens is 186 g/mol. The first-order valence-corrected chi connectivity index (χ1v) is 3.92. The van der Waals surface area contributed by atoms with Crippen LogP contribution in [-0.2, 0) is 7.05 Å². The summed E-state index contributed by atoms with van der Waals surface area (Å²) in [6, 6.07) is 0. The first-order chi connectivity index (χ1) is 6.61. The summed E-state index contributed by atoms with van der Waals surface area (Å²) in [5, 5.41) is 6.14. The molecule has 0 saturated carbocycles. The second-order valence-corrected chi connectivity index (χ2v) is 2.71. The van der Waals surface area contributed by atoms with Gasteiger partial charge in [-0.15, -0.1) is 4.91 Å². The van der Waals surface area contributed by atoms with Crippen molar-refractivity contribution in [1.82, 2.24) is 14.9 Å². The summed E-state index contributed by atoms with van der Waals surface area (Å²) < 4.78 is 1.52. The van der Waals surface area contributed by atoms with Crippen molar-refractivity contribution in [3.63, 3.8) is 0 Å². The Hall–Kier alpha value is -1.92. The average molecular weight is 197 g/mol. The molecule has 0 spiro atoms. The van der Waals surface area contributed by atoms with E-state index in [9.17, 15) is 9.70 Å². The molecule has 0 saturated heterocycles. The van der Waals surface area contributed by atoms with Gasteiger partial charge in [0.25, 0.3) is 5.91 Å². The summed E-state index contributed by atoms with van der Waals surface area (Å²) in [5.74, 6) is -0.0719. The Morgan fingerprint density at radius 1 is 1.71 bits per heavy atom. The van der Waals surface area contributed by atoms with Gasteiger partial charge in [-0.1, -0.05) is 0 Å². The Labute approximate surface area is 80.7 Å². The van der Waals surface area contributed by atoms with Crippen molar-refractivity contribution in [3.8, 4) is 0 Å². The smallest absolute Gasteiger partial charge is 0.271 e. The molecule has 0 aliphatic carbocycles. The van der Waals surface area contributed by atoms with E-state index in [0.29, 0.717) is 5.69 Å². The molecule has 0 aliphatic heterocycles. The van der Waals surface area contributed by atoms with Crippen molar-refractivity contribution in [2.75, 3.05) is 19.1 Å². The predicted molar refractivity (Wildman–Crippen MR) is 50.8 cm³/mol. The van der Waals surface area contributed by atoms with E-state index in [4.69, 9.17) is 0 Å². The molecular formula is C7H11N5O2. The van der Waals surface area contributed by atoms with Gasteiger partial charge in [0, 0.05) is 21.1 Å². The van der Waals surface area contributed by atoms with Gasteiger partial charge in [-0.2, -0.15) is 0 Å². The Kier molecular flexibility index (Phi) is 2.80. The van der Waals surface area contributed by atoms with Crippen molar-refractivity contribution in [2.45, 2.75) is 0 Å². The Balaban J connectivity index is 3.18. The highest BCUT2D eigenvalue weighted by Gasteiger charge is 2.19. The van der Waals surface area contributed by atoms with E-state index >= 15 is 0 Å². The molecule has 1 N–H and O–H groups in total. The highest BCUT2D eigenvalue weighted by molar-refractivity contribution is 5.97. The summed E-state index contributed by atoms with van der Waals surface area (Å²) in [7, 11) is 4.61. The molecule has 1 rings (SSSR count). The van der Waals surface area contributed by atoms with E-state index in [-0.39, 0.29) is 11.7 Å². The van der Waals surface area contributed by atoms with Crippen LogP contribution in [0.1, 0.15) is 10.5 Å². The quantitative estimate of drug-likeness (QED) is 0.542. The number of hydrogen-bond acceptors (Lipinski definition) is 4. The molecule has 76 valence electrons. The van der Waals surface area contributed by atoms with Gasteiger partial charge in [0.1, 0.15) is 0 Å². The van der Waals surface area contributed by atoms with Crippen molar-refractivity contribution >= 4 is 11.7 Å². The van der Waals surface area contributed by atoms with Gasteiger partial charge >= 0.3 is 0 Å². The maximum atomic E-state index is 11.4. The second-order valence-electron chi connectivity index (χ2n) is 2.71. The third-order valence-electron chi connectivity index (χ3n) is 1.79. The van der Waals surface area contributed by atoms with E-state index in [1.54, 1.807) is 7.05 Å². The number of hydrogen-bond donors (Lipinski definition) is 1. The lowest BCUT2D eigenvalue weighted by Crippen LogP contribution is -2.23. The zero-order chi connectivity index (χ0) is 10.7. The van der Waals surface area contributed by atoms with E-state index in [2.05, 4.69) is 15.6 Å². The van der Waals surface area contributed by atoms with Gasteiger partial charge in [0.15, 0.2) is 11.5 Å². The van der Waals surface area contributed by atoms with E-state index in [1.807, 2.05) is 0 Å². The van der Waals surface area contributed by atoms with Crippen LogP contribution < -0.4 is 10.3 Å². The number of amides is 1. The topological polar surface area (TPSA) is 79.6 Å². The van der Waals surface area contributed by atoms with Crippen LogP contribution in [-0.4, -0.2) is 29.6 Å². The lowest BCUT2D eigenvalue weighted by atomic mass is 10.4. The molecule has 1 aromatic heterocycles. The molecule has 14 heavy (non-hydrogen) atoms. The summed E-state index contributed by atoms with van der Waals surface area (Å²) in [6.07, 6.45) is 1.45. The molecule has 0 aromatic carbocycles. The lowest BCUT2D eigenvalue weighted by Gasteiger charge is -2.08. The molecule has 0 aliphatic rings. The van der Waals surface area contributed by atoms with Gasteiger partial charge < -0.3 is 9.88 Å². The second kappa shape index (κ2) is 3.86. The molecule has 1 aromatic rings. The molecule has 0 unspecified atom stereocenters. The van der Waals surface area contributed by atoms with Crippen LogP contribution in [0, 0.1) is 4.91 Å². The van der Waals surface area contributed by atoms with Gasteiger partial charge in [0.05, 0.1) is 11.6 Å². The number of carbonyl (C=O) groups is 1. The average Bonchev–Trinajstić information content (AvgIpc) is 2.58. The molecule has 7 nitrogen and oxygen atoms in total. The van der Waals surface area contributed by atoms with Crippen LogP contribution in [0.4, 0.5) is 5.82 Å². The van der Waals surface area contributed by atoms with Gasteiger partial charge in [0.2, 0.25) is 0 Å². The summed E-state index contributed by atoms with van der Waals surface area (Å²) >= 11 is 0. The maximum absolute atomic E-state index is 11.4.